The van der Waals surface area contributed by atoms with Crippen molar-refractivity contribution in [2.45, 2.75) is 65.0 Å². The van der Waals surface area contributed by atoms with Crippen LogP contribution in [0.2, 0.25) is 18.1 Å². The summed E-state index contributed by atoms with van der Waals surface area (Å²) >= 11 is 0. The summed E-state index contributed by atoms with van der Waals surface area (Å²) < 4.78 is 18.5. The fraction of sp³-hybridized carbons (Fsp3) is 0.579. The Kier molecular flexibility index (Phi) is 5.93. The Hall–Kier alpha value is -1.26. The Morgan fingerprint density at radius 3 is 2.22 bits per heavy atom. The van der Waals surface area contributed by atoms with Gasteiger partial charge in [0, 0.05) is 20.3 Å². The van der Waals surface area contributed by atoms with Crippen molar-refractivity contribution in [3.05, 3.63) is 47.4 Å². The first-order valence-corrected chi connectivity index (χ1v) is 11.2. The van der Waals surface area contributed by atoms with E-state index in [1.54, 1.807) is 0 Å². The molecule has 0 fully saturated rings. The van der Waals surface area contributed by atoms with Gasteiger partial charge in [0.15, 0.2) is 0 Å². The Balaban J connectivity index is 2.29. The van der Waals surface area contributed by atoms with E-state index in [1.807, 2.05) is 19.9 Å². The molecule has 0 amide bonds. The van der Waals surface area contributed by atoms with Gasteiger partial charge in [-0.15, -0.1) is 0 Å². The standard InChI is InChI=1S/C19H30O3Si/c1-6-23(7-2,8-3)22-18-15-20-19(4,5)21-17(18)14-16-12-10-9-11-13-16/h9-13H,6-8,14-15H2,1-5H3. The molecular weight excluding hydrogens is 304 g/mol. The van der Waals surface area contributed by atoms with Crippen LogP contribution in [0.15, 0.2) is 41.9 Å². The summed E-state index contributed by atoms with van der Waals surface area (Å²) in [6, 6.07) is 13.8. The fourth-order valence-corrected chi connectivity index (χ4v) is 5.56. The maximum Gasteiger partial charge on any atom is 0.250 e. The average Bonchev–Trinajstić information content (AvgIpc) is 2.55. The zero-order valence-electron chi connectivity index (χ0n) is 15.1. The molecule has 2 rings (SSSR count). The lowest BCUT2D eigenvalue weighted by atomic mass is 10.1. The van der Waals surface area contributed by atoms with Crippen LogP contribution >= 0.6 is 0 Å². The van der Waals surface area contributed by atoms with E-state index in [-0.39, 0.29) is 0 Å². The van der Waals surface area contributed by atoms with Crippen molar-refractivity contribution in [2.24, 2.45) is 0 Å². The first kappa shape index (κ1) is 18.1. The second kappa shape index (κ2) is 7.54. The molecule has 0 radical (unpaired) electrons. The van der Waals surface area contributed by atoms with Gasteiger partial charge >= 0.3 is 0 Å². The highest BCUT2D eigenvalue weighted by Gasteiger charge is 2.36. The smallest absolute Gasteiger partial charge is 0.250 e. The van der Waals surface area contributed by atoms with E-state index in [0.29, 0.717) is 6.61 Å². The summed E-state index contributed by atoms with van der Waals surface area (Å²) in [7, 11) is -1.73. The highest BCUT2D eigenvalue weighted by molar-refractivity contribution is 6.73. The molecule has 1 aliphatic heterocycles. The Bertz CT molecular complexity index is 525. The van der Waals surface area contributed by atoms with Crippen molar-refractivity contribution in [3.63, 3.8) is 0 Å². The number of hydrogen-bond donors (Lipinski definition) is 0. The average molecular weight is 335 g/mol. The van der Waals surface area contributed by atoms with Gasteiger partial charge in [-0.25, -0.2) is 0 Å². The largest absolute Gasteiger partial charge is 0.543 e. The number of hydrogen-bond acceptors (Lipinski definition) is 3. The molecule has 0 aliphatic carbocycles. The highest BCUT2D eigenvalue weighted by Crippen LogP contribution is 2.33. The molecule has 1 heterocycles. The van der Waals surface area contributed by atoms with E-state index in [1.165, 1.54) is 5.56 Å². The van der Waals surface area contributed by atoms with Crippen molar-refractivity contribution in [3.8, 4) is 0 Å². The van der Waals surface area contributed by atoms with Crippen molar-refractivity contribution in [1.29, 1.82) is 0 Å². The van der Waals surface area contributed by atoms with Gasteiger partial charge in [-0.05, 0) is 23.7 Å². The molecular formula is C19H30O3Si. The van der Waals surface area contributed by atoms with Crippen LogP contribution in [-0.2, 0) is 20.3 Å². The van der Waals surface area contributed by atoms with Crippen molar-refractivity contribution in [2.75, 3.05) is 6.61 Å². The van der Waals surface area contributed by atoms with Crippen LogP contribution in [-0.4, -0.2) is 20.7 Å². The molecule has 1 aliphatic rings. The highest BCUT2D eigenvalue weighted by atomic mass is 28.4. The van der Waals surface area contributed by atoms with Crippen LogP contribution < -0.4 is 0 Å². The SMILES string of the molecule is CC[Si](CC)(CC)OC1=C(Cc2ccccc2)OC(C)(C)OC1. The molecule has 0 saturated heterocycles. The Labute approximate surface area is 141 Å². The zero-order chi connectivity index (χ0) is 16.9. The molecule has 4 heteroatoms. The lowest BCUT2D eigenvalue weighted by molar-refractivity contribution is -0.208. The molecule has 0 bridgehead atoms. The minimum Gasteiger partial charge on any atom is -0.543 e. The van der Waals surface area contributed by atoms with Crippen LogP contribution in [0, 0.1) is 0 Å². The summed E-state index contributed by atoms with van der Waals surface area (Å²) in [4.78, 5) is 0. The minimum absolute atomic E-state index is 0.504. The van der Waals surface area contributed by atoms with Gasteiger partial charge in [0.25, 0.3) is 0 Å². The first-order chi connectivity index (χ1) is 10.9. The molecule has 0 unspecified atom stereocenters. The van der Waals surface area contributed by atoms with Crippen LogP contribution in [0.1, 0.15) is 40.2 Å². The molecule has 1 aromatic carbocycles. The van der Waals surface area contributed by atoms with E-state index in [4.69, 9.17) is 13.9 Å². The van der Waals surface area contributed by atoms with Gasteiger partial charge in [-0.2, -0.15) is 0 Å². The summed E-state index contributed by atoms with van der Waals surface area (Å²) in [5.41, 5.74) is 1.23. The predicted molar refractivity (Wildman–Crippen MR) is 96.6 cm³/mol. The quantitative estimate of drug-likeness (QED) is 0.638. The summed E-state index contributed by atoms with van der Waals surface area (Å²) in [5, 5.41) is 0. The molecule has 128 valence electrons. The van der Waals surface area contributed by atoms with Gasteiger partial charge in [0.2, 0.25) is 14.1 Å². The predicted octanol–water partition coefficient (Wildman–Crippen LogP) is 5.25. The molecule has 0 N–H and O–H groups in total. The number of ether oxygens (including phenoxy) is 2. The van der Waals surface area contributed by atoms with Crippen molar-refractivity contribution in [1.82, 2.24) is 0 Å². The normalized spacial score (nSPS) is 17.8. The second-order valence-electron chi connectivity index (χ2n) is 6.65. The van der Waals surface area contributed by atoms with Crippen molar-refractivity contribution >= 4 is 8.32 Å². The number of rotatable bonds is 7. The summed E-state index contributed by atoms with van der Waals surface area (Å²) in [6.45, 7) is 11.1. The lowest BCUT2D eigenvalue weighted by Crippen LogP contribution is -2.41. The van der Waals surface area contributed by atoms with Crippen LogP contribution in [0.4, 0.5) is 0 Å². The lowest BCUT2D eigenvalue weighted by Gasteiger charge is -2.38. The maximum atomic E-state index is 6.57. The van der Waals surface area contributed by atoms with Gasteiger partial charge in [-0.1, -0.05) is 51.1 Å². The van der Waals surface area contributed by atoms with E-state index < -0.39 is 14.1 Å². The Morgan fingerprint density at radius 2 is 1.65 bits per heavy atom. The number of allylic oxidation sites excluding steroid dienone is 1. The molecule has 0 atom stereocenters. The van der Waals surface area contributed by atoms with Crippen LogP contribution in [0.5, 0.6) is 0 Å². The summed E-state index contributed by atoms with van der Waals surface area (Å²) in [6.07, 6.45) is 0.755. The third kappa shape index (κ3) is 4.61. The van der Waals surface area contributed by atoms with E-state index in [2.05, 4.69) is 45.0 Å². The van der Waals surface area contributed by atoms with Crippen molar-refractivity contribution < 1.29 is 13.9 Å². The minimum atomic E-state index is -1.73. The molecule has 0 saturated carbocycles. The van der Waals surface area contributed by atoms with E-state index in [9.17, 15) is 0 Å². The van der Waals surface area contributed by atoms with Crippen LogP contribution in [0.25, 0.3) is 0 Å². The first-order valence-electron chi connectivity index (χ1n) is 8.71. The molecule has 3 nitrogen and oxygen atoms in total. The molecule has 0 spiro atoms. The Morgan fingerprint density at radius 1 is 1.04 bits per heavy atom. The topological polar surface area (TPSA) is 27.7 Å². The summed E-state index contributed by atoms with van der Waals surface area (Å²) in [5.74, 6) is 1.25. The van der Waals surface area contributed by atoms with E-state index >= 15 is 0 Å². The second-order valence-corrected chi connectivity index (χ2v) is 11.3. The third-order valence-electron chi connectivity index (χ3n) is 4.71. The third-order valence-corrected chi connectivity index (χ3v) is 9.26. The van der Waals surface area contributed by atoms with E-state index in [0.717, 1.165) is 36.1 Å². The monoisotopic (exact) mass is 334 g/mol. The van der Waals surface area contributed by atoms with Crippen LogP contribution in [0.3, 0.4) is 0 Å². The molecule has 1 aromatic rings. The van der Waals surface area contributed by atoms with Gasteiger partial charge in [0.1, 0.15) is 18.1 Å². The molecule has 0 aromatic heterocycles. The zero-order valence-corrected chi connectivity index (χ0v) is 16.1. The fourth-order valence-electron chi connectivity index (χ4n) is 2.93. The number of benzene rings is 1. The molecule has 23 heavy (non-hydrogen) atoms. The van der Waals surface area contributed by atoms with Gasteiger partial charge in [-0.3, -0.25) is 0 Å². The maximum absolute atomic E-state index is 6.57. The van der Waals surface area contributed by atoms with Gasteiger partial charge in [0.05, 0.1) is 0 Å². The van der Waals surface area contributed by atoms with Gasteiger partial charge < -0.3 is 13.9 Å².